The third-order valence-corrected chi connectivity index (χ3v) is 6.08. The van der Waals surface area contributed by atoms with E-state index in [0.29, 0.717) is 11.0 Å². The summed E-state index contributed by atoms with van der Waals surface area (Å²) >= 11 is 6.21. The number of nitrogens with zero attached hydrogens (tertiary/aromatic N) is 3. The van der Waals surface area contributed by atoms with E-state index >= 15 is 0 Å². The van der Waals surface area contributed by atoms with Crippen LogP contribution in [0.4, 0.5) is 4.79 Å². The number of ether oxygens (including phenoxy) is 1. The molecule has 0 aliphatic carbocycles. The van der Waals surface area contributed by atoms with Gasteiger partial charge in [-0.2, -0.15) is 5.10 Å². The van der Waals surface area contributed by atoms with Gasteiger partial charge < -0.3 is 14.8 Å². The van der Waals surface area contributed by atoms with Gasteiger partial charge in [0.2, 0.25) is 15.8 Å². The molecule has 0 aliphatic heterocycles. The standard InChI is InChI=1S/C17H11ClN4O5S/c18-12-6-13-14(7-15(12)28(25,26)11-4-2-1-3-5-11)21-16(20-13)22-9-10(8-19-22)27-17(23)24/h1-9H,(H,20,21)(H,23,24). The predicted molar refractivity (Wildman–Crippen MR) is 98.8 cm³/mol. The molecule has 0 saturated heterocycles. The van der Waals surface area contributed by atoms with Crippen LogP contribution in [-0.4, -0.2) is 39.4 Å². The smallest absolute Gasteiger partial charge is 0.449 e. The number of carbonyl (C=O) groups is 1. The molecule has 11 heteroatoms. The van der Waals surface area contributed by atoms with Crippen molar-refractivity contribution in [2.24, 2.45) is 0 Å². The van der Waals surface area contributed by atoms with Crippen LogP contribution in [0.15, 0.2) is 64.6 Å². The zero-order valence-electron chi connectivity index (χ0n) is 13.9. The Labute approximate surface area is 163 Å². The average molecular weight is 419 g/mol. The lowest BCUT2D eigenvalue weighted by Crippen LogP contribution is -2.02. The lowest BCUT2D eigenvalue weighted by Gasteiger charge is -2.06. The molecule has 28 heavy (non-hydrogen) atoms. The molecule has 0 spiro atoms. The van der Waals surface area contributed by atoms with Crippen molar-refractivity contribution in [3.8, 4) is 11.7 Å². The van der Waals surface area contributed by atoms with E-state index in [9.17, 15) is 13.2 Å². The normalized spacial score (nSPS) is 11.6. The zero-order valence-corrected chi connectivity index (χ0v) is 15.5. The summed E-state index contributed by atoms with van der Waals surface area (Å²) < 4.78 is 31.5. The first kappa shape index (κ1) is 18.0. The van der Waals surface area contributed by atoms with E-state index in [-0.39, 0.29) is 26.5 Å². The van der Waals surface area contributed by atoms with Crippen molar-refractivity contribution in [1.29, 1.82) is 0 Å². The molecule has 0 bridgehead atoms. The Bertz CT molecular complexity index is 1300. The first-order chi connectivity index (χ1) is 13.3. The van der Waals surface area contributed by atoms with Gasteiger partial charge in [0.1, 0.15) is 0 Å². The highest BCUT2D eigenvalue weighted by molar-refractivity contribution is 7.91. The van der Waals surface area contributed by atoms with Gasteiger partial charge in [-0.15, -0.1) is 0 Å². The van der Waals surface area contributed by atoms with Crippen LogP contribution < -0.4 is 4.74 Å². The van der Waals surface area contributed by atoms with Gasteiger partial charge in [0.15, 0.2) is 5.75 Å². The molecular weight excluding hydrogens is 408 g/mol. The first-order valence-electron chi connectivity index (χ1n) is 7.80. The van der Waals surface area contributed by atoms with Crippen molar-refractivity contribution < 1.29 is 23.1 Å². The fraction of sp³-hybridized carbons (Fsp3) is 0. The molecule has 2 heterocycles. The lowest BCUT2D eigenvalue weighted by atomic mass is 10.3. The summed E-state index contributed by atoms with van der Waals surface area (Å²) in [5, 5.41) is 12.6. The van der Waals surface area contributed by atoms with Crippen molar-refractivity contribution in [3.05, 3.63) is 59.9 Å². The van der Waals surface area contributed by atoms with E-state index < -0.39 is 16.0 Å². The maximum absolute atomic E-state index is 12.9. The molecule has 0 unspecified atom stereocenters. The minimum Gasteiger partial charge on any atom is -0.449 e. The largest absolute Gasteiger partial charge is 0.511 e. The molecule has 2 N–H and O–H groups in total. The first-order valence-corrected chi connectivity index (χ1v) is 9.66. The number of sulfone groups is 1. The lowest BCUT2D eigenvalue weighted by molar-refractivity contribution is 0.144. The number of aromatic nitrogens is 4. The van der Waals surface area contributed by atoms with Crippen LogP contribution in [-0.2, 0) is 9.84 Å². The van der Waals surface area contributed by atoms with Crippen LogP contribution >= 0.6 is 11.6 Å². The van der Waals surface area contributed by atoms with E-state index in [2.05, 4.69) is 19.8 Å². The van der Waals surface area contributed by atoms with Gasteiger partial charge in [-0.25, -0.2) is 22.9 Å². The molecule has 0 radical (unpaired) electrons. The van der Waals surface area contributed by atoms with Gasteiger partial charge in [0, 0.05) is 0 Å². The fourth-order valence-corrected chi connectivity index (χ4v) is 4.44. The van der Waals surface area contributed by atoms with E-state index in [1.807, 2.05) is 0 Å². The van der Waals surface area contributed by atoms with Gasteiger partial charge in [-0.3, -0.25) is 0 Å². The Morgan fingerprint density at radius 3 is 2.68 bits per heavy atom. The van der Waals surface area contributed by atoms with Crippen LogP contribution in [0.5, 0.6) is 5.75 Å². The molecule has 4 rings (SSSR count). The van der Waals surface area contributed by atoms with E-state index in [1.165, 1.54) is 41.3 Å². The van der Waals surface area contributed by atoms with Gasteiger partial charge in [0.25, 0.3) is 0 Å². The molecule has 142 valence electrons. The van der Waals surface area contributed by atoms with Crippen molar-refractivity contribution in [3.63, 3.8) is 0 Å². The highest BCUT2D eigenvalue weighted by atomic mass is 35.5. The second-order valence-electron chi connectivity index (χ2n) is 5.67. The molecule has 0 amide bonds. The second-order valence-corrected chi connectivity index (χ2v) is 7.99. The number of H-pyrrole nitrogens is 1. The van der Waals surface area contributed by atoms with Gasteiger partial charge in [-0.1, -0.05) is 29.8 Å². The number of nitrogens with one attached hydrogen (secondary N) is 1. The number of imidazole rings is 1. The number of aromatic amines is 1. The quantitative estimate of drug-likeness (QED) is 0.486. The predicted octanol–water partition coefficient (Wildman–Crippen LogP) is 3.29. The number of fused-ring (bicyclic) bond motifs is 1. The van der Waals surface area contributed by atoms with Crippen molar-refractivity contribution >= 4 is 38.6 Å². The Kier molecular flexibility index (Phi) is 4.28. The fourth-order valence-electron chi connectivity index (χ4n) is 2.61. The summed E-state index contributed by atoms with van der Waals surface area (Å²) in [6.45, 7) is 0. The van der Waals surface area contributed by atoms with Crippen LogP contribution in [0, 0.1) is 0 Å². The summed E-state index contributed by atoms with van der Waals surface area (Å²) in [5.41, 5.74) is 0.841. The molecule has 2 aromatic heterocycles. The Morgan fingerprint density at radius 1 is 1.21 bits per heavy atom. The number of hydrogen-bond donors (Lipinski definition) is 2. The minimum atomic E-state index is -3.81. The second kappa shape index (κ2) is 6.66. The van der Waals surface area contributed by atoms with E-state index in [1.54, 1.807) is 18.2 Å². The summed E-state index contributed by atoms with van der Waals surface area (Å²) in [7, 11) is -3.81. The summed E-state index contributed by atoms with van der Waals surface area (Å²) in [6, 6.07) is 10.8. The zero-order chi connectivity index (χ0) is 19.9. The number of halogens is 1. The van der Waals surface area contributed by atoms with Crippen LogP contribution in [0.1, 0.15) is 0 Å². The summed E-state index contributed by atoms with van der Waals surface area (Å²) in [6.07, 6.45) is 1.06. The molecule has 0 fully saturated rings. The maximum Gasteiger partial charge on any atom is 0.511 e. The molecule has 0 saturated carbocycles. The maximum atomic E-state index is 12.9. The molecule has 0 aliphatic rings. The minimum absolute atomic E-state index is 0.0123. The third kappa shape index (κ3) is 3.19. The molecular formula is C17H11ClN4O5S. The molecule has 4 aromatic rings. The summed E-state index contributed by atoms with van der Waals surface area (Å²) in [4.78, 5) is 17.9. The van der Waals surface area contributed by atoms with Gasteiger partial charge >= 0.3 is 6.16 Å². The van der Waals surface area contributed by atoms with E-state index in [0.717, 1.165) is 0 Å². The average Bonchev–Trinajstić information content (AvgIpc) is 3.27. The third-order valence-electron chi connectivity index (χ3n) is 3.85. The van der Waals surface area contributed by atoms with Crippen molar-refractivity contribution in [1.82, 2.24) is 19.7 Å². The number of benzene rings is 2. The highest BCUT2D eigenvalue weighted by Gasteiger charge is 2.22. The van der Waals surface area contributed by atoms with Crippen LogP contribution in [0.3, 0.4) is 0 Å². The molecule has 0 atom stereocenters. The number of hydrogen-bond acceptors (Lipinski definition) is 6. The number of carboxylic acid groups (broad SMARTS) is 1. The highest BCUT2D eigenvalue weighted by Crippen LogP contribution is 2.31. The van der Waals surface area contributed by atoms with E-state index in [4.69, 9.17) is 16.7 Å². The monoisotopic (exact) mass is 418 g/mol. The molecule has 2 aromatic carbocycles. The Balaban J connectivity index is 1.78. The van der Waals surface area contributed by atoms with Crippen LogP contribution in [0.2, 0.25) is 5.02 Å². The Hall–Kier alpha value is -3.37. The summed E-state index contributed by atoms with van der Waals surface area (Å²) in [5.74, 6) is 0.249. The Morgan fingerprint density at radius 2 is 1.96 bits per heavy atom. The SMILES string of the molecule is O=C(O)Oc1cnn(-c2nc3cc(Cl)c(S(=O)(=O)c4ccccc4)cc3[nH]2)c1. The number of rotatable bonds is 4. The topological polar surface area (TPSA) is 127 Å². The van der Waals surface area contributed by atoms with Crippen molar-refractivity contribution in [2.75, 3.05) is 0 Å². The van der Waals surface area contributed by atoms with Gasteiger partial charge in [0.05, 0.1) is 38.2 Å². The molecule has 9 nitrogen and oxygen atoms in total. The van der Waals surface area contributed by atoms with Crippen molar-refractivity contribution in [2.45, 2.75) is 9.79 Å². The van der Waals surface area contributed by atoms with Crippen LogP contribution in [0.25, 0.3) is 17.0 Å². The van der Waals surface area contributed by atoms with Gasteiger partial charge in [-0.05, 0) is 24.3 Å².